The van der Waals surface area contributed by atoms with Crippen molar-refractivity contribution in [3.05, 3.63) is 36.0 Å². The number of aromatic amines is 1. The van der Waals surface area contributed by atoms with Gasteiger partial charge in [0.05, 0.1) is 19.0 Å². The minimum atomic E-state index is 0.0738. The predicted molar refractivity (Wildman–Crippen MR) is 75.0 cm³/mol. The van der Waals surface area contributed by atoms with Crippen molar-refractivity contribution in [1.29, 1.82) is 5.26 Å². The van der Waals surface area contributed by atoms with E-state index in [2.05, 4.69) is 11.1 Å². The van der Waals surface area contributed by atoms with Crippen molar-refractivity contribution in [1.82, 2.24) is 9.88 Å². The number of carbonyl (C=O) groups is 1. The summed E-state index contributed by atoms with van der Waals surface area (Å²) in [7, 11) is 1.87. The molecule has 0 aliphatic heterocycles. The molecule has 0 bridgehead atoms. The molecule has 4 nitrogen and oxygen atoms in total. The highest BCUT2D eigenvalue weighted by molar-refractivity contribution is 6.08. The summed E-state index contributed by atoms with van der Waals surface area (Å²) in [5, 5.41) is 9.63. The Kier molecular flexibility index (Phi) is 3.98. The third-order valence-electron chi connectivity index (χ3n) is 3.42. The summed E-state index contributed by atoms with van der Waals surface area (Å²) in [5.74, 6) is 0.0738. The fourth-order valence-electron chi connectivity index (χ4n) is 2.06. The summed E-state index contributed by atoms with van der Waals surface area (Å²) in [6, 6.07) is 9.97. The molecule has 0 radical (unpaired) electrons. The van der Waals surface area contributed by atoms with E-state index in [1.807, 2.05) is 43.1 Å². The van der Waals surface area contributed by atoms with E-state index in [0.717, 1.165) is 10.9 Å². The maximum absolute atomic E-state index is 12.3. The van der Waals surface area contributed by atoms with Gasteiger partial charge in [-0.2, -0.15) is 5.26 Å². The number of nitrogens with one attached hydrogen (secondary N) is 1. The smallest absolute Gasteiger partial charge is 0.178 e. The second kappa shape index (κ2) is 5.68. The average molecular weight is 255 g/mol. The van der Waals surface area contributed by atoms with Gasteiger partial charge in [0.1, 0.15) is 0 Å². The van der Waals surface area contributed by atoms with Crippen molar-refractivity contribution in [3.8, 4) is 6.07 Å². The van der Waals surface area contributed by atoms with E-state index < -0.39 is 0 Å². The van der Waals surface area contributed by atoms with Gasteiger partial charge in [-0.05, 0) is 20.0 Å². The van der Waals surface area contributed by atoms with Crippen LogP contribution in [-0.2, 0) is 0 Å². The maximum atomic E-state index is 12.3. The lowest BCUT2D eigenvalue weighted by Gasteiger charge is -2.21. The largest absolute Gasteiger partial charge is 0.360 e. The van der Waals surface area contributed by atoms with Gasteiger partial charge < -0.3 is 4.98 Å². The number of carbonyl (C=O) groups excluding carboxylic acids is 1. The first-order chi connectivity index (χ1) is 9.13. The molecule has 1 heterocycles. The molecule has 2 rings (SSSR count). The van der Waals surface area contributed by atoms with Crippen molar-refractivity contribution in [2.45, 2.75) is 19.4 Å². The van der Waals surface area contributed by atoms with Crippen LogP contribution < -0.4 is 0 Å². The van der Waals surface area contributed by atoms with Crippen molar-refractivity contribution >= 4 is 16.7 Å². The van der Waals surface area contributed by atoms with Crippen molar-refractivity contribution in [2.24, 2.45) is 0 Å². The number of hydrogen-bond donors (Lipinski definition) is 1. The van der Waals surface area contributed by atoms with Crippen LogP contribution in [-0.4, -0.2) is 35.3 Å². The van der Waals surface area contributed by atoms with Gasteiger partial charge in [0.2, 0.25) is 0 Å². The maximum Gasteiger partial charge on any atom is 0.178 e. The minimum Gasteiger partial charge on any atom is -0.360 e. The van der Waals surface area contributed by atoms with Crippen LogP contribution >= 0.6 is 0 Å². The third kappa shape index (κ3) is 2.83. The number of Topliss-reactive ketones (excluding diaryl/α,β-unsaturated/α-hetero) is 1. The van der Waals surface area contributed by atoms with E-state index in [9.17, 15) is 4.79 Å². The Bertz CT molecular complexity index is 624. The topological polar surface area (TPSA) is 59.9 Å². The second-order valence-electron chi connectivity index (χ2n) is 4.80. The number of likely N-dealkylation sites (N-methyl/N-ethyl adjacent to an activating group) is 1. The lowest BCUT2D eigenvalue weighted by Crippen LogP contribution is -2.33. The van der Waals surface area contributed by atoms with Crippen molar-refractivity contribution in [3.63, 3.8) is 0 Å². The van der Waals surface area contributed by atoms with Gasteiger partial charge in [-0.1, -0.05) is 18.2 Å². The van der Waals surface area contributed by atoms with Crippen LogP contribution in [0.3, 0.4) is 0 Å². The SMILES string of the molecule is CC(CC#N)N(C)CC(=O)c1c[nH]c2ccccc12. The van der Waals surface area contributed by atoms with Gasteiger partial charge in [-0.3, -0.25) is 9.69 Å². The molecule has 19 heavy (non-hydrogen) atoms. The fraction of sp³-hybridized carbons (Fsp3) is 0.333. The number of rotatable bonds is 5. The summed E-state index contributed by atoms with van der Waals surface area (Å²) >= 11 is 0. The van der Waals surface area contributed by atoms with Crippen LogP contribution in [0.1, 0.15) is 23.7 Å². The Hall–Kier alpha value is -2.12. The summed E-state index contributed by atoms with van der Waals surface area (Å²) in [6.07, 6.45) is 2.19. The number of hydrogen-bond acceptors (Lipinski definition) is 3. The first-order valence-electron chi connectivity index (χ1n) is 6.30. The molecule has 1 aromatic heterocycles. The molecule has 0 aliphatic carbocycles. The normalized spacial score (nSPS) is 12.5. The molecule has 0 spiro atoms. The zero-order valence-corrected chi connectivity index (χ0v) is 11.2. The van der Waals surface area contributed by atoms with E-state index in [4.69, 9.17) is 5.26 Å². The fourth-order valence-corrected chi connectivity index (χ4v) is 2.06. The highest BCUT2D eigenvalue weighted by Crippen LogP contribution is 2.18. The molecular weight excluding hydrogens is 238 g/mol. The second-order valence-corrected chi connectivity index (χ2v) is 4.80. The average Bonchev–Trinajstić information content (AvgIpc) is 2.82. The number of aromatic nitrogens is 1. The van der Waals surface area contributed by atoms with E-state index in [0.29, 0.717) is 18.5 Å². The zero-order chi connectivity index (χ0) is 13.8. The minimum absolute atomic E-state index is 0.0738. The molecule has 4 heteroatoms. The predicted octanol–water partition coefficient (Wildman–Crippen LogP) is 2.58. The molecule has 1 atom stereocenters. The molecule has 0 amide bonds. The third-order valence-corrected chi connectivity index (χ3v) is 3.42. The number of para-hydroxylation sites is 1. The molecule has 1 unspecified atom stereocenters. The molecule has 1 aromatic carbocycles. The molecular formula is C15H17N3O. The molecule has 1 N–H and O–H groups in total. The quantitative estimate of drug-likeness (QED) is 0.835. The lowest BCUT2D eigenvalue weighted by molar-refractivity contribution is 0.0927. The first kappa shape index (κ1) is 13.3. The van der Waals surface area contributed by atoms with Crippen LogP contribution in [0, 0.1) is 11.3 Å². The van der Waals surface area contributed by atoms with Gasteiger partial charge >= 0.3 is 0 Å². The number of H-pyrrole nitrogens is 1. The van der Waals surface area contributed by atoms with E-state index in [1.165, 1.54) is 0 Å². The van der Waals surface area contributed by atoms with Crippen molar-refractivity contribution in [2.75, 3.05) is 13.6 Å². The van der Waals surface area contributed by atoms with E-state index in [1.54, 1.807) is 6.20 Å². The van der Waals surface area contributed by atoms with Gasteiger partial charge in [-0.25, -0.2) is 0 Å². The number of nitrogens with zero attached hydrogens (tertiary/aromatic N) is 2. The Labute approximate surface area is 112 Å². The molecule has 2 aromatic rings. The van der Waals surface area contributed by atoms with Crippen LogP contribution in [0.15, 0.2) is 30.5 Å². The molecule has 0 fully saturated rings. The van der Waals surface area contributed by atoms with Gasteiger partial charge in [0.25, 0.3) is 0 Å². The summed E-state index contributed by atoms with van der Waals surface area (Å²) in [6.45, 7) is 2.27. The van der Waals surface area contributed by atoms with Crippen LogP contribution in [0.5, 0.6) is 0 Å². The van der Waals surface area contributed by atoms with Crippen LogP contribution in [0.25, 0.3) is 10.9 Å². The van der Waals surface area contributed by atoms with E-state index in [-0.39, 0.29) is 11.8 Å². The highest BCUT2D eigenvalue weighted by Gasteiger charge is 2.16. The Morgan fingerprint density at radius 2 is 2.21 bits per heavy atom. The van der Waals surface area contributed by atoms with Crippen molar-refractivity contribution < 1.29 is 4.79 Å². The van der Waals surface area contributed by atoms with Gasteiger partial charge in [0, 0.05) is 28.7 Å². The number of nitriles is 1. The first-order valence-corrected chi connectivity index (χ1v) is 6.30. The monoisotopic (exact) mass is 255 g/mol. The van der Waals surface area contributed by atoms with Crippen LogP contribution in [0.4, 0.5) is 0 Å². The standard InChI is InChI=1S/C15H17N3O/c1-11(7-8-16)18(2)10-15(19)13-9-17-14-6-4-3-5-12(13)14/h3-6,9,11,17H,7,10H2,1-2H3. The molecule has 0 saturated carbocycles. The summed E-state index contributed by atoms with van der Waals surface area (Å²) in [4.78, 5) is 17.3. The molecule has 0 aliphatic rings. The van der Waals surface area contributed by atoms with Gasteiger partial charge in [0.15, 0.2) is 5.78 Å². The Morgan fingerprint density at radius 3 is 2.95 bits per heavy atom. The Morgan fingerprint density at radius 1 is 1.47 bits per heavy atom. The molecule has 0 saturated heterocycles. The number of ketones is 1. The summed E-state index contributed by atoms with van der Waals surface area (Å²) in [5.41, 5.74) is 1.69. The summed E-state index contributed by atoms with van der Waals surface area (Å²) < 4.78 is 0. The van der Waals surface area contributed by atoms with Crippen LogP contribution in [0.2, 0.25) is 0 Å². The lowest BCUT2D eigenvalue weighted by atomic mass is 10.1. The highest BCUT2D eigenvalue weighted by atomic mass is 16.1. The van der Waals surface area contributed by atoms with E-state index >= 15 is 0 Å². The molecule has 98 valence electrons. The van der Waals surface area contributed by atoms with Gasteiger partial charge in [-0.15, -0.1) is 0 Å². The number of benzene rings is 1. The Balaban J connectivity index is 2.14. The zero-order valence-electron chi connectivity index (χ0n) is 11.2. The number of fused-ring (bicyclic) bond motifs is 1.